The van der Waals surface area contributed by atoms with Crippen LogP contribution in [0.5, 0.6) is 0 Å². The van der Waals surface area contributed by atoms with Crippen molar-refractivity contribution in [1.29, 1.82) is 0 Å². The van der Waals surface area contributed by atoms with E-state index >= 15 is 0 Å². The van der Waals surface area contributed by atoms with Crippen molar-refractivity contribution in [3.05, 3.63) is 35.9 Å². The van der Waals surface area contributed by atoms with Gasteiger partial charge in [-0.15, -0.1) is 0 Å². The zero-order valence-corrected chi connectivity index (χ0v) is 11.5. The molecule has 3 rings (SSSR count). The lowest BCUT2D eigenvalue weighted by atomic mass is 9.92. The van der Waals surface area contributed by atoms with Crippen LogP contribution >= 0.6 is 0 Å². The summed E-state index contributed by atoms with van der Waals surface area (Å²) in [5.41, 5.74) is 0.701. The third-order valence-corrected chi connectivity index (χ3v) is 4.46. The quantitative estimate of drug-likeness (QED) is 0.858. The lowest BCUT2D eigenvalue weighted by molar-refractivity contribution is -0.148. The molecule has 0 heterocycles. The number of rotatable bonds is 3. The molecule has 2 bridgehead atoms. The van der Waals surface area contributed by atoms with Crippen LogP contribution in [0.1, 0.15) is 36.5 Å². The van der Waals surface area contributed by atoms with Gasteiger partial charge in [0.2, 0.25) is 0 Å². The van der Waals surface area contributed by atoms with Gasteiger partial charge >= 0.3 is 5.97 Å². The minimum atomic E-state index is -0.201. The molecular formula is C16H19NO3. The van der Waals surface area contributed by atoms with Crippen LogP contribution in [0.15, 0.2) is 30.3 Å². The highest BCUT2D eigenvalue weighted by Crippen LogP contribution is 2.46. The zero-order valence-electron chi connectivity index (χ0n) is 11.5. The average molecular weight is 273 g/mol. The Labute approximate surface area is 118 Å². The second kappa shape index (κ2) is 5.27. The smallest absolute Gasteiger partial charge is 0.302 e. The van der Waals surface area contributed by atoms with Gasteiger partial charge in [0, 0.05) is 18.5 Å². The van der Waals surface area contributed by atoms with E-state index in [-0.39, 0.29) is 24.0 Å². The summed E-state index contributed by atoms with van der Waals surface area (Å²) in [5, 5.41) is 3.12. The molecule has 4 heteroatoms. The van der Waals surface area contributed by atoms with Gasteiger partial charge in [-0.05, 0) is 43.2 Å². The molecule has 2 saturated carbocycles. The third-order valence-electron chi connectivity index (χ3n) is 4.46. The number of carbonyl (C=O) groups is 2. The molecule has 4 atom stereocenters. The summed E-state index contributed by atoms with van der Waals surface area (Å²) in [5.74, 6) is 0.640. The molecule has 1 aromatic carbocycles. The van der Waals surface area contributed by atoms with Crippen LogP contribution in [-0.2, 0) is 9.53 Å². The van der Waals surface area contributed by atoms with Crippen LogP contribution in [0.25, 0.3) is 0 Å². The average Bonchev–Trinajstić information content (AvgIpc) is 2.98. The number of hydrogen-bond donors (Lipinski definition) is 1. The zero-order chi connectivity index (χ0) is 14.1. The fraction of sp³-hybridized carbons (Fsp3) is 0.500. The molecule has 106 valence electrons. The molecule has 1 aromatic rings. The van der Waals surface area contributed by atoms with Crippen LogP contribution in [0.3, 0.4) is 0 Å². The lowest BCUT2D eigenvalue weighted by Crippen LogP contribution is -2.41. The first kappa shape index (κ1) is 13.2. The Hall–Kier alpha value is -1.84. The maximum Gasteiger partial charge on any atom is 0.302 e. The van der Waals surface area contributed by atoms with Gasteiger partial charge in [-0.25, -0.2) is 0 Å². The molecule has 4 nitrogen and oxygen atoms in total. The molecule has 0 spiro atoms. The van der Waals surface area contributed by atoms with Crippen molar-refractivity contribution in [3.63, 3.8) is 0 Å². The number of fused-ring (bicyclic) bond motifs is 2. The summed E-state index contributed by atoms with van der Waals surface area (Å²) in [4.78, 5) is 23.2. The summed E-state index contributed by atoms with van der Waals surface area (Å²) in [7, 11) is 0. The molecule has 2 aliphatic rings. The van der Waals surface area contributed by atoms with Gasteiger partial charge < -0.3 is 10.1 Å². The SMILES string of the molecule is CC(=O)O[C@@H]1C[C@@H]2C[C@H]1C[C@@H]2NC(=O)c1ccccc1. The minimum Gasteiger partial charge on any atom is -0.462 e. The number of ether oxygens (including phenoxy) is 1. The molecular weight excluding hydrogens is 254 g/mol. The molecule has 0 saturated heterocycles. The first-order valence-corrected chi connectivity index (χ1v) is 7.16. The van der Waals surface area contributed by atoms with E-state index in [1.165, 1.54) is 6.92 Å². The molecule has 2 aliphatic carbocycles. The van der Waals surface area contributed by atoms with Gasteiger partial charge in [0.05, 0.1) is 0 Å². The standard InChI is InChI=1S/C16H19NO3/c1-10(18)20-15-9-12-7-13(15)8-14(12)17-16(19)11-5-3-2-4-6-11/h2-6,12-15H,7-9H2,1H3,(H,17,19)/t12-,13-,14-,15+/m0/s1. The van der Waals surface area contributed by atoms with E-state index in [0.29, 0.717) is 17.4 Å². The second-order valence-electron chi connectivity index (χ2n) is 5.82. The van der Waals surface area contributed by atoms with E-state index in [4.69, 9.17) is 4.74 Å². The Morgan fingerprint density at radius 3 is 2.45 bits per heavy atom. The van der Waals surface area contributed by atoms with Crippen molar-refractivity contribution in [3.8, 4) is 0 Å². The van der Waals surface area contributed by atoms with Crippen molar-refractivity contribution < 1.29 is 14.3 Å². The number of hydrogen-bond acceptors (Lipinski definition) is 3. The number of carbonyl (C=O) groups excluding carboxylic acids is 2. The summed E-state index contributed by atoms with van der Waals surface area (Å²) in [6.45, 7) is 1.46. The summed E-state index contributed by atoms with van der Waals surface area (Å²) >= 11 is 0. The fourth-order valence-corrected chi connectivity index (χ4v) is 3.60. The first-order chi connectivity index (χ1) is 9.63. The Morgan fingerprint density at radius 1 is 1.10 bits per heavy atom. The molecule has 0 aromatic heterocycles. The number of amides is 1. The van der Waals surface area contributed by atoms with Crippen LogP contribution in [-0.4, -0.2) is 24.0 Å². The Kier molecular flexibility index (Phi) is 3.47. The summed E-state index contributed by atoms with van der Waals surface area (Å²) in [6.07, 6.45) is 2.91. The maximum absolute atomic E-state index is 12.1. The predicted octanol–water partition coefficient (Wildman–Crippen LogP) is 2.15. The number of nitrogens with one attached hydrogen (secondary N) is 1. The molecule has 2 fully saturated rings. The van der Waals surface area contributed by atoms with Crippen LogP contribution in [0, 0.1) is 11.8 Å². The third kappa shape index (κ3) is 2.55. The molecule has 1 N–H and O–H groups in total. The van der Waals surface area contributed by atoms with E-state index in [1.54, 1.807) is 0 Å². The van der Waals surface area contributed by atoms with Gasteiger partial charge in [-0.2, -0.15) is 0 Å². The summed E-state index contributed by atoms with van der Waals surface area (Å²) in [6, 6.07) is 9.50. The van der Waals surface area contributed by atoms with E-state index < -0.39 is 0 Å². The molecule has 0 unspecified atom stereocenters. The van der Waals surface area contributed by atoms with Crippen molar-refractivity contribution in [2.24, 2.45) is 11.8 Å². The highest BCUT2D eigenvalue weighted by molar-refractivity contribution is 5.94. The molecule has 20 heavy (non-hydrogen) atoms. The Morgan fingerprint density at radius 2 is 1.85 bits per heavy atom. The lowest BCUT2D eigenvalue weighted by Gasteiger charge is -2.28. The van der Waals surface area contributed by atoms with Gasteiger partial charge in [-0.1, -0.05) is 18.2 Å². The van der Waals surface area contributed by atoms with Crippen molar-refractivity contribution in [1.82, 2.24) is 5.32 Å². The van der Waals surface area contributed by atoms with Gasteiger partial charge in [0.25, 0.3) is 5.91 Å². The molecule has 0 aliphatic heterocycles. The van der Waals surface area contributed by atoms with Gasteiger partial charge in [0.15, 0.2) is 0 Å². The first-order valence-electron chi connectivity index (χ1n) is 7.16. The van der Waals surface area contributed by atoms with Crippen molar-refractivity contribution >= 4 is 11.9 Å². The monoisotopic (exact) mass is 273 g/mol. The number of benzene rings is 1. The topological polar surface area (TPSA) is 55.4 Å². The highest BCUT2D eigenvalue weighted by Gasteiger charge is 2.47. The van der Waals surface area contributed by atoms with Crippen LogP contribution in [0.2, 0.25) is 0 Å². The number of esters is 1. The fourth-order valence-electron chi connectivity index (χ4n) is 3.60. The van der Waals surface area contributed by atoms with E-state index in [1.807, 2.05) is 30.3 Å². The van der Waals surface area contributed by atoms with Crippen molar-refractivity contribution in [2.75, 3.05) is 0 Å². The van der Waals surface area contributed by atoms with E-state index in [0.717, 1.165) is 19.3 Å². The van der Waals surface area contributed by atoms with Crippen LogP contribution < -0.4 is 5.32 Å². The molecule has 0 radical (unpaired) electrons. The highest BCUT2D eigenvalue weighted by atomic mass is 16.5. The minimum absolute atomic E-state index is 0.00723. The maximum atomic E-state index is 12.1. The second-order valence-corrected chi connectivity index (χ2v) is 5.82. The summed E-state index contributed by atoms with van der Waals surface area (Å²) < 4.78 is 5.33. The van der Waals surface area contributed by atoms with Crippen LogP contribution in [0.4, 0.5) is 0 Å². The Balaban J connectivity index is 1.57. The Bertz CT molecular complexity index is 514. The largest absolute Gasteiger partial charge is 0.462 e. The van der Waals surface area contributed by atoms with Gasteiger partial charge in [0.1, 0.15) is 6.10 Å². The van der Waals surface area contributed by atoms with Crippen molar-refractivity contribution in [2.45, 2.75) is 38.3 Å². The van der Waals surface area contributed by atoms with E-state index in [9.17, 15) is 9.59 Å². The van der Waals surface area contributed by atoms with Gasteiger partial charge in [-0.3, -0.25) is 9.59 Å². The predicted molar refractivity (Wildman–Crippen MR) is 74.1 cm³/mol. The van der Waals surface area contributed by atoms with E-state index in [2.05, 4.69) is 5.32 Å². The molecule has 1 amide bonds. The normalized spacial score (nSPS) is 31.1.